The second kappa shape index (κ2) is 6.20. The van der Waals surface area contributed by atoms with Crippen LogP contribution in [-0.2, 0) is 6.42 Å². The SMILES string of the molecule is CC(CCN)CCc1nc(-c2cnccn2)no1. The van der Waals surface area contributed by atoms with Gasteiger partial charge in [0.15, 0.2) is 0 Å². The van der Waals surface area contributed by atoms with Crippen molar-refractivity contribution in [3.8, 4) is 11.5 Å². The molecule has 2 aromatic heterocycles. The summed E-state index contributed by atoms with van der Waals surface area (Å²) in [7, 11) is 0. The third kappa shape index (κ3) is 3.33. The molecule has 1 unspecified atom stereocenters. The zero-order chi connectivity index (χ0) is 12.8. The summed E-state index contributed by atoms with van der Waals surface area (Å²) in [5, 5.41) is 3.90. The molecule has 0 radical (unpaired) electrons. The minimum absolute atomic E-state index is 0.490. The van der Waals surface area contributed by atoms with Crippen molar-refractivity contribution in [2.24, 2.45) is 11.7 Å². The molecule has 0 saturated heterocycles. The minimum Gasteiger partial charge on any atom is -0.339 e. The molecular formula is C12H17N5O. The van der Waals surface area contributed by atoms with Gasteiger partial charge in [-0.2, -0.15) is 4.98 Å². The molecule has 0 aliphatic heterocycles. The maximum atomic E-state index is 5.51. The van der Waals surface area contributed by atoms with Gasteiger partial charge in [0.25, 0.3) is 0 Å². The van der Waals surface area contributed by atoms with Crippen molar-refractivity contribution in [1.29, 1.82) is 0 Å². The van der Waals surface area contributed by atoms with E-state index in [1.54, 1.807) is 18.6 Å². The van der Waals surface area contributed by atoms with E-state index in [0.29, 0.717) is 23.3 Å². The van der Waals surface area contributed by atoms with Gasteiger partial charge in [0.1, 0.15) is 5.69 Å². The van der Waals surface area contributed by atoms with E-state index in [-0.39, 0.29) is 0 Å². The van der Waals surface area contributed by atoms with Gasteiger partial charge < -0.3 is 10.3 Å². The number of hydrogen-bond acceptors (Lipinski definition) is 6. The molecule has 2 N–H and O–H groups in total. The highest BCUT2D eigenvalue weighted by Gasteiger charge is 2.10. The molecular weight excluding hydrogens is 230 g/mol. The molecule has 2 heterocycles. The Morgan fingerprint density at radius 3 is 2.94 bits per heavy atom. The summed E-state index contributed by atoms with van der Waals surface area (Å²) in [6.07, 6.45) is 7.62. The number of aromatic nitrogens is 4. The number of hydrogen-bond donors (Lipinski definition) is 1. The monoisotopic (exact) mass is 247 g/mol. The lowest BCUT2D eigenvalue weighted by Crippen LogP contribution is -2.06. The molecule has 0 amide bonds. The molecule has 0 aliphatic carbocycles. The Balaban J connectivity index is 1.95. The van der Waals surface area contributed by atoms with Crippen molar-refractivity contribution >= 4 is 0 Å². The summed E-state index contributed by atoms with van der Waals surface area (Å²) in [5.74, 6) is 1.70. The standard InChI is InChI=1S/C12H17N5O/c1-9(4-5-13)2-3-11-16-12(17-18-11)10-8-14-6-7-15-10/h6-9H,2-5,13H2,1H3. The van der Waals surface area contributed by atoms with Crippen LogP contribution in [0.15, 0.2) is 23.1 Å². The first-order valence-electron chi connectivity index (χ1n) is 6.08. The van der Waals surface area contributed by atoms with Gasteiger partial charge in [0, 0.05) is 18.8 Å². The quantitative estimate of drug-likeness (QED) is 0.830. The van der Waals surface area contributed by atoms with E-state index >= 15 is 0 Å². The average molecular weight is 247 g/mol. The second-order valence-corrected chi connectivity index (χ2v) is 4.32. The molecule has 2 aromatic rings. The van der Waals surface area contributed by atoms with E-state index in [4.69, 9.17) is 10.3 Å². The Labute approximate surface area is 106 Å². The van der Waals surface area contributed by atoms with Crippen LogP contribution in [-0.4, -0.2) is 26.7 Å². The highest BCUT2D eigenvalue weighted by molar-refractivity contribution is 5.45. The number of aryl methyl sites for hydroxylation is 1. The molecule has 0 saturated carbocycles. The number of rotatable bonds is 6. The van der Waals surface area contributed by atoms with Gasteiger partial charge in [-0.15, -0.1) is 0 Å². The summed E-state index contributed by atoms with van der Waals surface area (Å²) >= 11 is 0. The maximum absolute atomic E-state index is 5.51. The second-order valence-electron chi connectivity index (χ2n) is 4.32. The van der Waals surface area contributed by atoms with Crippen molar-refractivity contribution in [1.82, 2.24) is 20.1 Å². The molecule has 0 fully saturated rings. The van der Waals surface area contributed by atoms with Crippen LogP contribution in [0, 0.1) is 5.92 Å². The topological polar surface area (TPSA) is 90.7 Å². The van der Waals surface area contributed by atoms with E-state index in [2.05, 4.69) is 27.0 Å². The normalized spacial score (nSPS) is 12.6. The number of nitrogens with two attached hydrogens (primary N) is 1. The summed E-state index contributed by atoms with van der Waals surface area (Å²) in [5.41, 5.74) is 6.14. The first-order valence-corrected chi connectivity index (χ1v) is 6.08. The Kier molecular flexibility index (Phi) is 4.35. The van der Waals surface area contributed by atoms with Crippen LogP contribution in [0.2, 0.25) is 0 Å². The molecule has 0 aromatic carbocycles. The number of nitrogens with zero attached hydrogens (tertiary/aromatic N) is 4. The molecule has 96 valence electrons. The Bertz CT molecular complexity index is 470. The van der Waals surface area contributed by atoms with E-state index in [9.17, 15) is 0 Å². The van der Waals surface area contributed by atoms with Crippen LogP contribution < -0.4 is 5.73 Å². The van der Waals surface area contributed by atoms with Gasteiger partial charge >= 0.3 is 0 Å². The van der Waals surface area contributed by atoms with Crippen molar-refractivity contribution in [2.75, 3.05) is 6.54 Å². The third-order valence-electron chi connectivity index (χ3n) is 2.77. The van der Waals surface area contributed by atoms with Crippen molar-refractivity contribution < 1.29 is 4.52 Å². The van der Waals surface area contributed by atoms with Gasteiger partial charge in [0.2, 0.25) is 11.7 Å². The highest BCUT2D eigenvalue weighted by Crippen LogP contribution is 2.14. The Morgan fingerprint density at radius 1 is 1.33 bits per heavy atom. The largest absolute Gasteiger partial charge is 0.339 e. The van der Waals surface area contributed by atoms with Crippen LogP contribution in [0.3, 0.4) is 0 Å². The molecule has 2 rings (SSSR count). The van der Waals surface area contributed by atoms with Crippen molar-refractivity contribution in [3.63, 3.8) is 0 Å². The Hall–Kier alpha value is -1.82. The fourth-order valence-electron chi connectivity index (χ4n) is 1.67. The molecule has 6 nitrogen and oxygen atoms in total. The fraction of sp³-hybridized carbons (Fsp3) is 0.500. The van der Waals surface area contributed by atoms with Gasteiger partial charge in [0.05, 0.1) is 6.20 Å². The van der Waals surface area contributed by atoms with Gasteiger partial charge in [-0.25, -0.2) is 4.98 Å². The Morgan fingerprint density at radius 2 is 2.22 bits per heavy atom. The van der Waals surface area contributed by atoms with E-state index < -0.39 is 0 Å². The molecule has 0 spiro atoms. The maximum Gasteiger partial charge on any atom is 0.227 e. The molecule has 6 heteroatoms. The summed E-state index contributed by atoms with van der Waals surface area (Å²) in [6.45, 7) is 2.89. The van der Waals surface area contributed by atoms with E-state index in [0.717, 1.165) is 25.8 Å². The predicted molar refractivity (Wildman–Crippen MR) is 66.5 cm³/mol. The van der Waals surface area contributed by atoms with E-state index in [1.165, 1.54) is 0 Å². The van der Waals surface area contributed by atoms with Crippen LogP contribution in [0.1, 0.15) is 25.7 Å². The molecule has 0 bridgehead atoms. The molecule has 1 atom stereocenters. The third-order valence-corrected chi connectivity index (χ3v) is 2.77. The zero-order valence-corrected chi connectivity index (χ0v) is 10.4. The van der Waals surface area contributed by atoms with Crippen LogP contribution >= 0.6 is 0 Å². The molecule has 18 heavy (non-hydrogen) atoms. The zero-order valence-electron chi connectivity index (χ0n) is 10.4. The average Bonchev–Trinajstić information content (AvgIpc) is 2.87. The van der Waals surface area contributed by atoms with Crippen LogP contribution in [0.4, 0.5) is 0 Å². The lowest BCUT2D eigenvalue weighted by molar-refractivity contribution is 0.362. The first-order chi connectivity index (χ1) is 8.79. The lowest BCUT2D eigenvalue weighted by Gasteiger charge is -2.06. The smallest absolute Gasteiger partial charge is 0.227 e. The first kappa shape index (κ1) is 12.6. The van der Waals surface area contributed by atoms with Crippen LogP contribution in [0.5, 0.6) is 0 Å². The van der Waals surface area contributed by atoms with Gasteiger partial charge in [-0.3, -0.25) is 4.98 Å². The van der Waals surface area contributed by atoms with E-state index in [1.807, 2.05) is 0 Å². The highest BCUT2D eigenvalue weighted by atomic mass is 16.5. The summed E-state index contributed by atoms with van der Waals surface area (Å²) < 4.78 is 5.19. The minimum atomic E-state index is 0.490. The molecule has 0 aliphatic rings. The fourth-order valence-corrected chi connectivity index (χ4v) is 1.67. The lowest BCUT2D eigenvalue weighted by atomic mass is 10.0. The van der Waals surface area contributed by atoms with Crippen molar-refractivity contribution in [2.45, 2.75) is 26.2 Å². The van der Waals surface area contributed by atoms with Gasteiger partial charge in [-0.05, 0) is 25.3 Å². The summed E-state index contributed by atoms with van der Waals surface area (Å²) in [4.78, 5) is 12.4. The summed E-state index contributed by atoms with van der Waals surface area (Å²) in [6, 6.07) is 0. The predicted octanol–water partition coefficient (Wildman–Crippen LogP) is 1.44. The van der Waals surface area contributed by atoms with Crippen molar-refractivity contribution in [3.05, 3.63) is 24.5 Å². The van der Waals surface area contributed by atoms with Crippen LogP contribution in [0.25, 0.3) is 11.5 Å². The van der Waals surface area contributed by atoms with Gasteiger partial charge in [-0.1, -0.05) is 12.1 Å².